The minimum absolute atomic E-state index is 0.0299. The molecule has 0 unspecified atom stereocenters. The van der Waals surface area contributed by atoms with Crippen LogP contribution in [0.4, 0.5) is 5.82 Å². The minimum atomic E-state index is -0.871. The quantitative estimate of drug-likeness (QED) is 0.226. The van der Waals surface area contributed by atoms with Crippen LogP contribution in [0.1, 0.15) is 22.9 Å². The molecule has 32 heavy (non-hydrogen) atoms. The predicted octanol–water partition coefficient (Wildman–Crippen LogP) is 4.94. The Morgan fingerprint density at radius 3 is 2.50 bits per heavy atom. The molecule has 4 rings (SSSR count). The van der Waals surface area contributed by atoms with Crippen molar-refractivity contribution < 1.29 is 24.0 Å². The van der Waals surface area contributed by atoms with Gasteiger partial charge < -0.3 is 14.4 Å². The van der Waals surface area contributed by atoms with Crippen LogP contribution in [0.5, 0.6) is 5.75 Å². The minimum Gasteiger partial charge on any atom is -0.507 e. The maximum atomic E-state index is 13.1. The summed E-state index contributed by atoms with van der Waals surface area (Å²) in [5.41, 5.74) is 0.991. The van der Waals surface area contributed by atoms with Gasteiger partial charge in [0, 0.05) is 16.1 Å². The van der Waals surface area contributed by atoms with Crippen LogP contribution in [0.2, 0.25) is 0 Å². The summed E-state index contributed by atoms with van der Waals surface area (Å²) >= 11 is 3.39. The number of carbonyl (C=O) groups is 2. The number of Topliss-reactive ketones (excluding diaryl/α,β-unsaturated/α-hetero) is 1. The number of halogens is 1. The van der Waals surface area contributed by atoms with Gasteiger partial charge >= 0.3 is 5.91 Å². The Morgan fingerprint density at radius 1 is 1.22 bits per heavy atom. The molecule has 1 aliphatic heterocycles. The summed E-state index contributed by atoms with van der Waals surface area (Å²) in [6.45, 7) is 5.64. The smallest absolute Gasteiger partial charge is 0.301 e. The van der Waals surface area contributed by atoms with Crippen LogP contribution in [-0.2, 0) is 9.59 Å². The third-order valence-corrected chi connectivity index (χ3v) is 5.52. The zero-order chi connectivity index (χ0) is 22.8. The maximum absolute atomic E-state index is 13.1. The van der Waals surface area contributed by atoms with Crippen molar-refractivity contribution in [1.29, 1.82) is 0 Å². The van der Waals surface area contributed by atoms with Crippen LogP contribution in [0.15, 0.2) is 81.8 Å². The number of aliphatic hydroxyl groups is 1. The van der Waals surface area contributed by atoms with Crippen LogP contribution < -0.4 is 9.64 Å². The van der Waals surface area contributed by atoms with Gasteiger partial charge in [0.2, 0.25) is 0 Å². The fourth-order valence-electron chi connectivity index (χ4n) is 3.52. The maximum Gasteiger partial charge on any atom is 0.301 e. The van der Waals surface area contributed by atoms with Crippen molar-refractivity contribution in [1.82, 2.24) is 5.16 Å². The molecule has 162 valence electrons. The van der Waals surface area contributed by atoms with Gasteiger partial charge in [0.1, 0.15) is 23.9 Å². The van der Waals surface area contributed by atoms with Crippen molar-refractivity contribution in [2.75, 3.05) is 11.5 Å². The highest BCUT2D eigenvalue weighted by molar-refractivity contribution is 9.10. The van der Waals surface area contributed by atoms with Crippen molar-refractivity contribution in [3.63, 3.8) is 0 Å². The number of hydrogen-bond acceptors (Lipinski definition) is 6. The predicted molar refractivity (Wildman–Crippen MR) is 122 cm³/mol. The van der Waals surface area contributed by atoms with Gasteiger partial charge in [-0.3, -0.25) is 14.5 Å². The Morgan fingerprint density at radius 2 is 1.91 bits per heavy atom. The van der Waals surface area contributed by atoms with Crippen LogP contribution in [0.3, 0.4) is 0 Å². The molecule has 1 atom stereocenters. The summed E-state index contributed by atoms with van der Waals surface area (Å²) in [5.74, 6) is -0.600. The number of ether oxygens (including phenoxy) is 1. The highest BCUT2D eigenvalue weighted by atomic mass is 79.9. The van der Waals surface area contributed by atoms with Crippen LogP contribution in [-0.4, -0.2) is 28.6 Å². The molecule has 7 nitrogen and oxygen atoms in total. The van der Waals surface area contributed by atoms with Gasteiger partial charge in [-0.25, -0.2) is 0 Å². The van der Waals surface area contributed by atoms with Crippen molar-refractivity contribution in [2.45, 2.75) is 13.0 Å². The number of ketones is 1. The third kappa shape index (κ3) is 3.97. The topological polar surface area (TPSA) is 92.9 Å². The first-order chi connectivity index (χ1) is 15.4. The molecule has 1 fully saturated rings. The van der Waals surface area contributed by atoms with Gasteiger partial charge in [-0.05, 0) is 48.9 Å². The Labute approximate surface area is 192 Å². The lowest BCUT2D eigenvalue weighted by Gasteiger charge is -2.22. The largest absolute Gasteiger partial charge is 0.507 e. The number of amides is 1. The van der Waals surface area contributed by atoms with E-state index in [2.05, 4.69) is 27.7 Å². The molecule has 1 aliphatic rings. The first-order valence-electron chi connectivity index (χ1n) is 9.74. The molecule has 8 heteroatoms. The third-order valence-electron chi connectivity index (χ3n) is 4.99. The molecule has 0 aliphatic carbocycles. The van der Waals surface area contributed by atoms with Gasteiger partial charge in [-0.2, -0.15) is 0 Å². The fraction of sp³-hybridized carbons (Fsp3) is 0.125. The van der Waals surface area contributed by atoms with Gasteiger partial charge in [-0.15, -0.1) is 0 Å². The van der Waals surface area contributed by atoms with E-state index in [4.69, 9.17) is 9.26 Å². The molecule has 1 saturated heterocycles. The zero-order valence-electron chi connectivity index (χ0n) is 17.1. The van der Waals surface area contributed by atoms with E-state index >= 15 is 0 Å². The second-order valence-corrected chi connectivity index (χ2v) is 8.06. The molecule has 0 spiro atoms. The van der Waals surface area contributed by atoms with E-state index in [0.29, 0.717) is 29.2 Å². The molecule has 0 radical (unpaired) electrons. The molecule has 1 amide bonds. The summed E-state index contributed by atoms with van der Waals surface area (Å²) in [6, 6.07) is 14.5. The number of rotatable bonds is 6. The highest BCUT2D eigenvalue weighted by Gasteiger charge is 2.48. The van der Waals surface area contributed by atoms with Crippen molar-refractivity contribution in [2.24, 2.45) is 0 Å². The molecule has 1 aromatic heterocycles. The molecular formula is C24H19BrN2O5. The average Bonchev–Trinajstić information content (AvgIpc) is 3.33. The summed E-state index contributed by atoms with van der Waals surface area (Å²) in [5, 5.41) is 15.0. The van der Waals surface area contributed by atoms with E-state index in [1.54, 1.807) is 67.6 Å². The van der Waals surface area contributed by atoms with Crippen LogP contribution in [0.25, 0.3) is 5.76 Å². The van der Waals surface area contributed by atoms with Gasteiger partial charge in [0.25, 0.3) is 5.78 Å². The Kier molecular flexibility index (Phi) is 5.96. The molecule has 2 aromatic carbocycles. The Bertz CT molecular complexity index is 1210. The summed E-state index contributed by atoms with van der Waals surface area (Å²) in [6.07, 6.45) is 1.62. The molecular weight excluding hydrogens is 476 g/mol. The van der Waals surface area contributed by atoms with E-state index in [0.717, 1.165) is 4.47 Å². The van der Waals surface area contributed by atoms with E-state index in [1.165, 1.54) is 4.90 Å². The molecule has 2 heterocycles. The number of aryl methyl sites for hydroxylation is 1. The average molecular weight is 495 g/mol. The molecule has 1 N–H and O–H groups in total. The molecule has 0 saturated carbocycles. The SMILES string of the molecule is C=CCOc1ccc(C(O)=C2C(=O)C(=O)N(c3cc(C)on3)[C@H]2c2ccc(Br)cc2)cc1. The van der Waals surface area contributed by atoms with E-state index < -0.39 is 17.7 Å². The summed E-state index contributed by atoms with van der Waals surface area (Å²) < 4.78 is 11.4. The second kappa shape index (κ2) is 8.84. The van der Waals surface area contributed by atoms with E-state index in [1.807, 2.05) is 0 Å². The summed E-state index contributed by atoms with van der Waals surface area (Å²) in [4.78, 5) is 27.3. The number of anilines is 1. The van der Waals surface area contributed by atoms with E-state index in [-0.39, 0.29) is 17.2 Å². The standard InChI is InChI=1S/C24H19BrN2O5/c1-3-12-31-18-10-6-16(7-11-18)22(28)20-21(15-4-8-17(25)9-5-15)27(24(30)23(20)29)19-13-14(2)32-26-19/h3-11,13,21,28H,1,12H2,2H3/t21-/m0/s1. The van der Waals surface area contributed by atoms with Gasteiger partial charge in [0.05, 0.1) is 11.6 Å². The molecule has 0 bridgehead atoms. The lowest BCUT2D eigenvalue weighted by Crippen LogP contribution is -2.29. The van der Waals surface area contributed by atoms with Crippen molar-refractivity contribution >= 4 is 39.2 Å². The Balaban J connectivity index is 1.84. The lowest BCUT2D eigenvalue weighted by molar-refractivity contribution is -0.132. The first-order valence-corrected chi connectivity index (χ1v) is 10.5. The zero-order valence-corrected chi connectivity index (χ0v) is 18.7. The lowest BCUT2D eigenvalue weighted by atomic mass is 9.95. The van der Waals surface area contributed by atoms with Crippen LogP contribution in [0, 0.1) is 6.92 Å². The number of hydrogen-bond donors (Lipinski definition) is 1. The highest BCUT2D eigenvalue weighted by Crippen LogP contribution is 2.42. The van der Waals surface area contributed by atoms with Gasteiger partial charge in [-0.1, -0.05) is 45.9 Å². The van der Waals surface area contributed by atoms with E-state index in [9.17, 15) is 14.7 Å². The fourth-order valence-corrected chi connectivity index (χ4v) is 3.78. The number of aromatic nitrogens is 1. The van der Waals surface area contributed by atoms with Crippen LogP contribution >= 0.6 is 15.9 Å². The van der Waals surface area contributed by atoms with Gasteiger partial charge in [0.15, 0.2) is 5.82 Å². The summed E-state index contributed by atoms with van der Waals surface area (Å²) in [7, 11) is 0. The number of benzene rings is 2. The number of nitrogens with zero attached hydrogens (tertiary/aromatic N) is 2. The Hall–Kier alpha value is -3.65. The second-order valence-electron chi connectivity index (χ2n) is 7.14. The first kappa shape index (κ1) is 21.6. The monoisotopic (exact) mass is 494 g/mol. The van der Waals surface area contributed by atoms with Crippen molar-refractivity contribution in [3.8, 4) is 5.75 Å². The normalized spacial score (nSPS) is 17.6. The molecule has 3 aromatic rings. The number of carbonyl (C=O) groups excluding carboxylic acids is 2. The van der Waals surface area contributed by atoms with Crippen molar-refractivity contribution in [3.05, 3.63) is 94.2 Å². The number of aliphatic hydroxyl groups excluding tert-OH is 1.